The fourth-order valence-corrected chi connectivity index (χ4v) is 10.7. The van der Waals surface area contributed by atoms with Crippen LogP contribution in [0.2, 0.25) is 0 Å². The molecule has 0 saturated heterocycles. The van der Waals surface area contributed by atoms with Crippen LogP contribution in [0.1, 0.15) is 10.4 Å². The summed E-state index contributed by atoms with van der Waals surface area (Å²) in [6, 6.07) is 63.8. The number of hydrogen-bond acceptors (Lipinski definition) is 4. The first kappa shape index (κ1) is 35.6. The highest BCUT2D eigenvalue weighted by molar-refractivity contribution is 7.85. The van der Waals surface area contributed by atoms with E-state index in [2.05, 4.69) is 0 Å². The Morgan fingerprint density at radius 2 is 0.600 bits per heavy atom. The third-order valence-electron chi connectivity index (χ3n) is 7.81. The zero-order valence-electron chi connectivity index (χ0n) is 27.1. The number of carbonyl (C=O) groups is 1. The van der Waals surface area contributed by atoms with E-state index >= 15 is 0 Å². The van der Waals surface area contributed by atoms with Gasteiger partial charge < -0.3 is 19.3 Å². The molecule has 0 saturated carbocycles. The molecular weight excluding hydrogens is 658 g/mol. The maximum absolute atomic E-state index is 13.8. The standard InChI is InChI=1S/2C18H15OP.C7H6O3/c2*19-20(16-10-4-1-5-11-16,17-12-6-2-7-13-17)18-14-8-3-9-15-18;8-6-3-1-2-5(4-6)7(9)10/h2*1-15H;1-4,8H,(H,9,10). The molecule has 7 heteroatoms. The average Bonchev–Trinajstić information content (AvgIpc) is 3.20. The Morgan fingerprint density at radius 3 is 0.780 bits per heavy atom. The predicted molar refractivity (Wildman–Crippen MR) is 207 cm³/mol. The van der Waals surface area contributed by atoms with Crippen molar-refractivity contribution in [2.75, 3.05) is 0 Å². The molecule has 0 heterocycles. The van der Waals surface area contributed by atoms with Crippen LogP contribution in [0.5, 0.6) is 5.75 Å². The number of carboxylic acids is 1. The Hall–Kier alpha value is -5.73. The maximum atomic E-state index is 13.8. The number of aromatic carboxylic acids is 1. The van der Waals surface area contributed by atoms with Crippen LogP contribution in [-0.2, 0) is 9.13 Å². The van der Waals surface area contributed by atoms with E-state index in [1.807, 2.05) is 182 Å². The molecular formula is C43H36O5P2. The van der Waals surface area contributed by atoms with Crippen LogP contribution in [0.3, 0.4) is 0 Å². The number of phenolic OH excluding ortho intramolecular Hbond substituents is 1. The van der Waals surface area contributed by atoms with E-state index in [0.717, 1.165) is 31.8 Å². The average molecular weight is 695 g/mol. The summed E-state index contributed by atoms with van der Waals surface area (Å²) in [5.41, 5.74) is 0.0972. The molecule has 0 aliphatic carbocycles. The number of benzene rings is 7. The third-order valence-corrected chi connectivity index (χ3v) is 14.0. The van der Waals surface area contributed by atoms with Gasteiger partial charge in [-0.3, -0.25) is 0 Å². The summed E-state index contributed by atoms with van der Waals surface area (Å²) in [5, 5.41) is 22.4. The monoisotopic (exact) mass is 694 g/mol. The van der Waals surface area contributed by atoms with Crippen LogP contribution in [0.15, 0.2) is 206 Å². The second kappa shape index (κ2) is 17.1. The molecule has 0 unspecified atom stereocenters. The Morgan fingerprint density at radius 1 is 0.360 bits per heavy atom. The van der Waals surface area contributed by atoms with E-state index in [-0.39, 0.29) is 11.3 Å². The smallest absolute Gasteiger partial charge is 0.335 e. The SMILES string of the molecule is O=C(O)c1cccc(O)c1.O=P(c1ccccc1)(c1ccccc1)c1ccccc1.O=P(c1ccccc1)(c1ccccc1)c1ccccc1. The number of hydrogen-bond donors (Lipinski definition) is 2. The molecule has 0 atom stereocenters. The molecule has 5 nitrogen and oxygen atoms in total. The van der Waals surface area contributed by atoms with Crippen molar-refractivity contribution >= 4 is 52.1 Å². The van der Waals surface area contributed by atoms with Gasteiger partial charge in [0.2, 0.25) is 0 Å². The summed E-state index contributed by atoms with van der Waals surface area (Å²) in [4.78, 5) is 10.2. The minimum absolute atomic E-state index is 0.0279. The maximum Gasteiger partial charge on any atom is 0.335 e. The molecule has 50 heavy (non-hydrogen) atoms. The van der Waals surface area contributed by atoms with E-state index in [1.54, 1.807) is 0 Å². The first-order chi connectivity index (χ1) is 24.3. The molecule has 0 aliphatic heterocycles. The van der Waals surface area contributed by atoms with Gasteiger partial charge in [0.1, 0.15) is 5.75 Å². The Kier molecular flexibility index (Phi) is 12.2. The highest BCUT2D eigenvalue weighted by atomic mass is 31.2. The Labute approximate surface area is 292 Å². The van der Waals surface area contributed by atoms with Crippen molar-refractivity contribution in [1.29, 1.82) is 0 Å². The zero-order valence-corrected chi connectivity index (χ0v) is 28.9. The third kappa shape index (κ3) is 8.46. The molecule has 7 aromatic rings. The van der Waals surface area contributed by atoms with Gasteiger partial charge in [-0.25, -0.2) is 4.79 Å². The predicted octanol–water partition coefficient (Wildman–Crippen LogP) is 7.74. The second-order valence-electron chi connectivity index (χ2n) is 11.1. The van der Waals surface area contributed by atoms with Crippen molar-refractivity contribution in [3.63, 3.8) is 0 Å². The van der Waals surface area contributed by atoms with E-state index in [4.69, 9.17) is 10.2 Å². The van der Waals surface area contributed by atoms with E-state index in [1.165, 1.54) is 24.3 Å². The molecule has 0 spiro atoms. The normalized spacial score (nSPS) is 10.8. The van der Waals surface area contributed by atoms with Crippen molar-refractivity contribution in [1.82, 2.24) is 0 Å². The fraction of sp³-hybridized carbons (Fsp3) is 0. The largest absolute Gasteiger partial charge is 0.508 e. The zero-order chi connectivity index (χ0) is 35.2. The molecule has 7 rings (SSSR count). The van der Waals surface area contributed by atoms with Crippen LogP contribution in [0.25, 0.3) is 0 Å². The Bertz CT molecular complexity index is 1840. The number of aromatic hydroxyl groups is 1. The minimum Gasteiger partial charge on any atom is -0.508 e. The van der Waals surface area contributed by atoms with Crippen molar-refractivity contribution in [2.24, 2.45) is 0 Å². The van der Waals surface area contributed by atoms with Crippen LogP contribution >= 0.6 is 14.3 Å². The van der Waals surface area contributed by atoms with Gasteiger partial charge in [-0.1, -0.05) is 188 Å². The lowest BCUT2D eigenvalue weighted by Crippen LogP contribution is -2.24. The Balaban J connectivity index is 0.000000154. The minimum atomic E-state index is -2.78. The first-order valence-electron chi connectivity index (χ1n) is 15.9. The van der Waals surface area contributed by atoms with Crippen molar-refractivity contribution in [3.8, 4) is 5.75 Å². The lowest BCUT2D eigenvalue weighted by molar-refractivity contribution is 0.0696. The topological polar surface area (TPSA) is 91.7 Å². The number of rotatable bonds is 7. The molecule has 0 bridgehead atoms. The van der Waals surface area contributed by atoms with Crippen molar-refractivity contribution in [2.45, 2.75) is 0 Å². The quantitative estimate of drug-likeness (QED) is 0.167. The number of phenols is 1. The lowest BCUT2D eigenvalue weighted by atomic mass is 10.2. The van der Waals surface area contributed by atoms with Crippen LogP contribution in [0.4, 0.5) is 0 Å². The van der Waals surface area contributed by atoms with Gasteiger partial charge in [-0.2, -0.15) is 0 Å². The highest BCUT2D eigenvalue weighted by Crippen LogP contribution is 2.43. The van der Waals surface area contributed by atoms with Gasteiger partial charge in [0, 0.05) is 31.8 Å². The fourth-order valence-electron chi connectivity index (χ4n) is 5.36. The summed E-state index contributed by atoms with van der Waals surface area (Å²) < 4.78 is 27.6. The molecule has 0 aromatic heterocycles. The van der Waals surface area contributed by atoms with Crippen LogP contribution < -0.4 is 31.8 Å². The van der Waals surface area contributed by atoms with Gasteiger partial charge in [0.25, 0.3) is 0 Å². The summed E-state index contributed by atoms with van der Waals surface area (Å²) in [7, 11) is -5.55. The number of carboxylic acid groups (broad SMARTS) is 1. The summed E-state index contributed by atoms with van der Waals surface area (Å²) in [6.45, 7) is 0. The van der Waals surface area contributed by atoms with Gasteiger partial charge in [-0.15, -0.1) is 0 Å². The first-order valence-corrected chi connectivity index (χ1v) is 19.3. The van der Waals surface area contributed by atoms with Gasteiger partial charge in [-0.05, 0) is 18.2 Å². The van der Waals surface area contributed by atoms with Crippen molar-refractivity contribution in [3.05, 3.63) is 212 Å². The van der Waals surface area contributed by atoms with E-state index in [0.29, 0.717) is 0 Å². The summed E-state index contributed by atoms with van der Waals surface area (Å²) >= 11 is 0. The second-order valence-corrected chi connectivity index (χ2v) is 16.6. The van der Waals surface area contributed by atoms with E-state index in [9.17, 15) is 13.9 Å². The molecule has 2 N–H and O–H groups in total. The summed E-state index contributed by atoms with van der Waals surface area (Å²) in [5.74, 6) is -1.06. The molecule has 0 fully saturated rings. The molecule has 0 aliphatic rings. The van der Waals surface area contributed by atoms with Crippen molar-refractivity contribution < 1.29 is 24.1 Å². The summed E-state index contributed by atoms with van der Waals surface area (Å²) in [6.07, 6.45) is 0. The molecule has 0 radical (unpaired) electrons. The molecule has 7 aromatic carbocycles. The van der Waals surface area contributed by atoms with Crippen LogP contribution in [0, 0.1) is 0 Å². The van der Waals surface area contributed by atoms with Crippen LogP contribution in [-0.4, -0.2) is 16.2 Å². The molecule has 248 valence electrons. The van der Waals surface area contributed by atoms with Gasteiger partial charge in [0.15, 0.2) is 14.3 Å². The van der Waals surface area contributed by atoms with Gasteiger partial charge in [0.05, 0.1) is 5.56 Å². The molecule has 0 amide bonds. The van der Waals surface area contributed by atoms with E-state index < -0.39 is 20.3 Å². The highest BCUT2D eigenvalue weighted by Gasteiger charge is 2.30. The van der Waals surface area contributed by atoms with Gasteiger partial charge >= 0.3 is 5.97 Å². The lowest BCUT2D eigenvalue weighted by Gasteiger charge is -2.19.